The van der Waals surface area contributed by atoms with Gasteiger partial charge in [0.15, 0.2) is 0 Å². The van der Waals surface area contributed by atoms with Crippen molar-refractivity contribution < 1.29 is 14.3 Å². The van der Waals surface area contributed by atoms with E-state index in [4.69, 9.17) is 4.74 Å². The van der Waals surface area contributed by atoms with Gasteiger partial charge in [0.2, 0.25) is 5.91 Å². The number of ether oxygens (including phenoxy) is 1. The van der Waals surface area contributed by atoms with E-state index in [9.17, 15) is 9.59 Å². The van der Waals surface area contributed by atoms with Crippen LogP contribution in [0.1, 0.15) is 26.2 Å². The summed E-state index contributed by atoms with van der Waals surface area (Å²) in [6.45, 7) is 7.86. The number of morpholine rings is 1. The average molecular weight is 354 g/mol. The fourth-order valence-corrected chi connectivity index (χ4v) is 3.67. The number of hydrogen-bond donors (Lipinski definition) is 1. The highest BCUT2D eigenvalue weighted by Crippen LogP contribution is 2.29. The maximum Gasteiger partial charge on any atom is 0.320 e. The van der Waals surface area contributed by atoms with Gasteiger partial charge < -0.3 is 24.8 Å². The monoisotopic (exact) mass is 354 g/mol. The van der Waals surface area contributed by atoms with E-state index >= 15 is 0 Å². The number of likely N-dealkylation sites (tertiary alicyclic amines) is 1. The topological polar surface area (TPSA) is 65.1 Å². The van der Waals surface area contributed by atoms with E-state index in [0.29, 0.717) is 51.1 Å². The van der Waals surface area contributed by atoms with Gasteiger partial charge in [-0.25, -0.2) is 4.79 Å². The van der Waals surface area contributed by atoms with Gasteiger partial charge in [0.05, 0.1) is 13.2 Å². The highest BCUT2D eigenvalue weighted by molar-refractivity contribution is 5.76. The summed E-state index contributed by atoms with van der Waals surface area (Å²) < 4.78 is 5.33. The van der Waals surface area contributed by atoms with Crippen LogP contribution in [0.25, 0.3) is 0 Å². The number of hydrogen-bond acceptors (Lipinski definition) is 4. The van der Waals surface area contributed by atoms with Crippen LogP contribution in [-0.4, -0.2) is 93.2 Å². The van der Waals surface area contributed by atoms with E-state index in [-0.39, 0.29) is 11.9 Å². The van der Waals surface area contributed by atoms with Crippen LogP contribution in [0.3, 0.4) is 0 Å². The van der Waals surface area contributed by atoms with Crippen molar-refractivity contribution in [2.45, 2.75) is 26.2 Å². The molecule has 0 unspecified atom stereocenters. The second-order valence-corrected chi connectivity index (χ2v) is 7.40. The maximum absolute atomic E-state index is 12.7. The number of piperidine rings is 1. The van der Waals surface area contributed by atoms with Crippen molar-refractivity contribution in [2.24, 2.45) is 11.8 Å². The van der Waals surface area contributed by atoms with E-state index in [1.54, 1.807) is 0 Å². The molecule has 25 heavy (non-hydrogen) atoms. The molecule has 2 saturated heterocycles. The molecule has 2 rings (SSSR count). The Morgan fingerprint density at radius 3 is 2.48 bits per heavy atom. The molecule has 0 aliphatic carbocycles. The molecule has 2 atom stereocenters. The summed E-state index contributed by atoms with van der Waals surface area (Å²) in [4.78, 5) is 30.8. The molecule has 2 aliphatic rings. The highest BCUT2D eigenvalue weighted by atomic mass is 16.5. The van der Waals surface area contributed by atoms with E-state index in [1.165, 1.54) is 0 Å². The Labute approximate surface area is 151 Å². The molecule has 3 amide bonds. The van der Waals surface area contributed by atoms with E-state index in [1.807, 2.05) is 23.9 Å². The zero-order chi connectivity index (χ0) is 18.2. The van der Waals surface area contributed by atoms with Gasteiger partial charge in [0.25, 0.3) is 0 Å². The Kier molecular flexibility index (Phi) is 7.96. The molecule has 0 spiro atoms. The van der Waals surface area contributed by atoms with Crippen LogP contribution in [0.5, 0.6) is 0 Å². The SMILES string of the molecule is CC[C@H]1CN(C(=O)N2CCOCC2)CC[C@H]1CC(=O)NCCN(C)C. The molecule has 1 N–H and O–H groups in total. The minimum atomic E-state index is 0.135. The van der Waals surface area contributed by atoms with Crippen molar-refractivity contribution in [1.29, 1.82) is 0 Å². The third-order valence-corrected chi connectivity index (χ3v) is 5.30. The first-order valence-electron chi connectivity index (χ1n) is 9.54. The van der Waals surface area contributed by atoms with Gasteiger partial charge in [0, 0.05) is 45.7 Å². The summed E-state index contributed by atoms with van der Waals surface area (Å²) in [7, 11) is 4.00. The van der Waals surface area contributed by atoms with Crippen LogP contribution in [0.15, 0.2) is 0 Å². The lowest BCUT2D eigenvalue weighted by Crippen LogP contribution is -2.52. The van der Waals surface area contributed by atoms with Crippen molar-refractivity contribution in [1.82, 2.24) is 20.0 Å². The van der Waals surface area contributed by atoms with Crippen LogP contribution < -0.4 is 5.32 Å². The molecule has 0 bridgehead atoms. The van der Waals surface area contributed by atoms with Crippen molar-refractivity contribution in [3.8, 4) is 0 Å². The van der Waals surface area contributed by atoms with Gasteiger partial charge in [-0.05, 0) is 32.4 Å². The fourth-order valence-electron chi connectivity index (χ4n) is 3.67. The highest BCUT2D eigenvalue weighted by Gasteiger charge is 2.33. The van der Waals surface area contributed by atoms with E-state index in [0.717, 1.165) is 32.5 Å². The van der Waals surface area contributed by atoms with Gasteiger partial charge in [0.1, 0.15) is 0 Å². The number of carbonyl (C=O) groups is 2. The molecular formula is C18H34N4O3. The molecule has 0 aromatic carbocycles. The minimum Gasteiger partial charge on any atom is -0.378 e. The molecule has 0 saturated carbocycles. The maximum atomic E-state index is 12.7. The fraction of sp³-hybridized carbons (Fsp3) is 0.889. The van der Waals surface area contributed by atoms with Gasteiger partial charge in [-0.2, -0.15) is 0 Å². The molecule has 0 radical (unpaired) electrons. The zero-order valence-electron chi connectivity index (χ0n) is 16.0. The lowest BCUT2D eigenvalue weighted by molar-refractivity contribution is -0.122. The summed E-state index contributed by atoms with van der Waals surface area (Å²) in [6.07, 6.45) is 2.49. The molecule has 0 aromatic heterocycles. The largest absolute Gasteiger partial charge is 0.378 e. The van der Waals surface area contributed by atoms with Gasteiger partial charge in [-0.15, -0.1) is 0 Å². The van der Waals surface area contributed by atoms with Crippen molar-refractivity contribution in [3.05, 3.63) is 0 Å². The Morgan fingerprint density at radius 1 is 1.12 bits per heavy atom. The van der Waals surface area contributed by atoms with Gasteiger partial charge in [-0.1, -0.05) is 13.3 Å². The minimum absolute atomic E-state index is 0.135. The molecule has 0 aromatic rings. The third-order valence-electron chi connectivity index (χ3n) is 5.30. The second kappa shape index (κ2) is 9.97. The average Bonchev–Trinajstić information content (AvgIpc) is 2.61. The van der Waals surface area contributed by atoms with Crippen LogP contribution >= 0.6 is 0 Å². The summed E-state index contributed by atoms with van der Waals surface area (Å²) >= 11 is 0. The molecule has 2 heterocycles. The van der Waals surface area contributed by atoms with Crippen molar-refractivity contribution >= 4 is 11.9 Å². The van der Waals surface area contributed by atoms with Gasteiger partial charge in [-0.3, -0.25) is 4.79 Å². The van der Waals surface area contributed by atoms with Crippen LogP contribution in [0.4, 0.5) is 4.79 Å². The number of nitrogens with one attached hydrogen (secondary N) is 1. The summed E-state index contributed by atoms with van der Waals surface area (Å²) in [5, 5.41) is 3.01. The molecule has 2 fully saturated rings. The summed E-state index contributed by atoms with van der Waals surface area (Å²) in [6, 6.07) is 0.135. The summed E-state index contributed by atoms with van der Waals surface area (Å²) in [5.74, 6) is 0.912. The smallest absolute Gasteiger partial charge is 0.320 e. The Morgan fingerprint density at radius 2 is 1.84 bits per heavy atom. The number of amides is 3. The number of likely N-dealkylation sites (N-methyl/N-ethyl adjacent to an activating group) is 1. The normalized spacial score (nSPS) is 24.5. The molecule has 7 heteroatoms. The number of nitrogens with zero attached hydrogens (tertiary/aromatic N) is 3. The summed E-state index contributed by atoms with van der Waals surface area (Å²) in [5.41, 5.74) is 0. The first-order chi connectivity index (χ1) is 12.0. The van der Waals surface area contributed by atoms with Crippen LogP contribution in [0.2, 0.25) is 0 Å². The zero-order valence-corrected chi connectivity index (χ0v) is 16.0. The molecule has 144 valence electrons. The van der Waals surface area contributed by atoms with Crippen molar-refractivity contribution in [3.63, 3.8) is 0 Å². The second-order valence-electron chi connectivity index (χ2n) is 7.40. The van der Waals surface area contributed by atoms with Crippen LogP contribution in [-0.2, 0) is 9.53 Å². The predicted octanol–water partition coefficient (Wildman–Crippen LogP) is 0.855. The lowest BCUT2D eigenvalue weighted by Gasteiger charge is -2.41. The van der Waals surface area contributed by atoms with E-state index < -0.39 is 0 Å². The van der Waals surface area contributed by atoms with Gasteiger partial charge >= 0.3 is 6.03 Å². The van der Waals surface area contributed by atoms with E-state index in [2.05, 4.69) is 17.1 Å². The molecule has 7 nitrogen and oxygen atoms in total. The third kappa shape index (κ3) is 6.15. The first-order valence-corrected chi connectivity index (χ1v) is 9.54. The Hall–Kier alpha value is -1.34. The van der Waals surface area contributed by atoms with Crippen molar-refractivity contribution in [2.75, 3.05) is 66.6 Å². The van der Waals surface area contributed by atoms with Crippen LogP contribution in [0, 0.1) is 11.8 Å². The number of carbonyl (C=O) groups excluding carboxylic acids is 2. The Balaban J connectivity index is 1.80. The Bertz CT molecular complexity index is 438. The number of urea groups is 1. The predicted molar refractivity (Wildman–Crippen MR) is 97.4 cm³/mol. The first kappa shape index (κ1) is 20.0. The molecular weight excluding hydrogens is 320 g/mol. The molecule has 2 aliphatic heterocycles. The lowest BCUT2D eigenvalue weighted by atomic mass is 9.81. The quantitative estimate of drug-likeness (QED) is 0.768. The standard InChI is InChI=1S/C18H34N4O3/c1-4-15-14-22(18(24)21-9-11-25-12-10-21)7-5-16(15)13-17(23)19-6-8-20(2)3/h15-16H,4-14H2,1-3H3,(H,19,23)/t15-,16-/m0/s1. The number of rotatable bonds is 6.